The summed E-state index contributed by atoms with van der Waals surface area (Å²) in [6.45, 7) is 1.53. The number of rotatable bonds is 5. The fourth-order valence-electron chi connectivity index (χ4n) is 1.81. The molecule has 0 aliphatic carbocycles. The first-order valence-electron chi connectivity index (χ1n) is 5.43. The topological polar surface area (TPSA) is 116 Å². The molecule has 1 aromatic rings. The van der Waals surface area contributed by atoms with Gasteiger partial charge in [0.25, 0.3) is 0 Å². The summed E-state index contributed by atoms with van der Waals surface area (Å²) in [7, 11) is 1.25. The fraction of sp³-hybridized carbons (Fsp3) is 0.333. The third kappa shape index (κ3) is 3.00. The molecule has 104 valence electrons. The first kappa shape index (κ1) is 14.9. The summed E-state index contributed by atoms with van der Waals surface area (Å²) in [5.41, 5.74) is 11.1. The second-order valence-corrected chi connectivity index (χ2v) is 4.06. The molecule has 0 aromatic heterocycles. The fourth-order valence-corrected chi connectivity index (χ4v) is 1.81. The van der Waals surface area contributed by atoms with Crippen LogP contribution in [0, 0.1) is 12.7 Å². The molecule has 1 rings (SSSR count). The third-order valence-corrected chi connectivity index (χ3v) is 2.83. The number of carbonyl (C=O) groups is 2. The molecule has 1 unspecified atom stereocenters. The number of nitrogens with two attached hydrogens (primary N) is 2. The molecular weight excluding hydrogens is 255 g/mol. The van der Waals surface area contributed by atoms with Crippen molar-refractivity contribution in [2.75, 3.05) is 7.11 Å². The number of carbonyl (C=O) groups excluding carboxylic acids is 1. The summed E-state index contributed by atoms with van der Waals surface area (Å²) in [5.74, 6) is -2.94. The number of carboxylic acids is 1. The average molecular weight is 270 g/mol. The number of ether oxygens (including phenoxy) is 1. The van der Waals surface area contributed by atoms with Crippen molar-refractivity contribution in [2.24, 2.45) is 11.5 Å². The summed E-state index contributed by atoms with van der Waals surface area (Å²) < 4.78 is 18.7. The zero-order chi connectivity index (χ0) is 14.7. The lowest BCUT2D eigenvalue weighted by Crippen LogP contribution is -2.33. The van der Waals surface area contributed by atoms with Gasteiger partial charge in [0, 0.05) is 17.5 Å². The minimum Gasteiger partial charge on any atom is -0.493 e. The Hall–Kier alpha value is -2.15. The van der Waals surface area contributed by atoms with Crippen LogP contribution in [0.15, 0.2) is 6.07 Å². The summed E-state index contributed by atoms with van der Waals surface area (Å²) in [6, 6.07) is -0.262. The van der Waals surface area contributed by atoms with Crippen LogP contribution in [0.25, 0.3) is 0 Å². The second-order valence-electron chi connectivity index (χ2n) is 4.06. The molecule has 1 amide bonds. The summed E-state index contributed by atoms with van der Waals surface area (Å²) in [5, 5.41) is 8.79. The summed E-state index contributed by atoms with van der Waals surface area (Å²) in [4.78, 5) is 22.0. The maximum absolute atomic E-state index is 13.8. The molecule has 0 aliphatic rings. The number of methoxy groups -OCH3 is 1. The number of primary amides is 1. The van der Waals surface area contributed by atoms with E-state index in [-0.39, 0.29) is 23.3 Å². The first-order valence-corrected chi connectivity index (χ1v) is 5.43. The van der Waals surface area contributed by atoms with Crippen molar-refractivity contribution in [1.29, 1.82) is 0 Å². The van der Waals surface area contributed by atoms with Crippen LogP contribution in [-0.2, 0) is 11.2 Å². The number of amides is 1. The van der Waals surface area contributed by atoms with Gasteiger partial charge in [0.2, 0.25) is 5.91 Å². The number of hydrogen-bond donors (Lipinski definition) is 3. The maximum atomic E-state index is 13.8. The molecule has 0 spiro atoms. The molecule has 7 heteroatoms. The molecule has 1 atom stereocenters. The van der Waals surface area contributed by atoms with Crippen molar-refractivity contribution in [2.45, 2.75) is 19.4 Å². The summed E-state index contributed by atoms with van der Waals surface area (Å²) in [6.07, 6.45) is -0.164. The highest BCUT2D eigenvalue weighted by Crippen LogP contribution is 2.29. The first-order chi connectivity index (χ1) is 8.79. The quantitative estimate of drug-likeness (QED) is 0.706. The van der Waals surface area contributed by atoms with E-state index in [0.717, 1.165) is 6.07 Å². The van der Waals surface area contributed by atoms with Gasteiger partial charge in [-0.2, -0.15) is 0 Å². The van der Waals surface area contributed by atoms with Crippen LogP contribution in [0.4, 0.5) is 4.39 Å². The minimum absolute atomic E-state index is 0.0223. The zero-order valence-electron chi connectivity index (χ0n) is 10.6. The molecule has 19 heavy (non-hydrogen) atoms. The molecule has 0 saturated heterocycles. The zero-order valence-corrected chi connectivity index (χ0v) is 10.6. The van der Waals surface area contributed by atoms with Gasteiger partial charge in [0.15, 0.2) is 11.6 Å². The van der Waals surface area contributed by atoms with Crippen LogP contribution >= 0.6 is 0 Å². The van der Waals surface area contributed by atoms with Crippen LogP contribution in [0.2, 0.25) is 0 Å². The van der Waals surface area contributed by atoms with E-state index in [9.17, 15) is 14.0 Å². The van der Waals surface area contributed by atoms with Gasteiger partial charge in [-0.1, -0.05) is 0 Å². The number of hydrogen-bond acceptors (Lipinski definition) is 4. The van der Waals surface area contributed by atoms with E-state index in [0.29, 0.717) is 5.56 Å². The van der Waals surface area contributed by atoms with E-state index in [4.69, 9.17) is 21.3 Å². The van der Waals surface area contributed by atoms with Gasteiger partial charge in [0.1, 0.15) is 6.04 Å². The van der Waals surface area contributed by atoms with Crippen molar-refractivity contribution < 1.29 is 23.8 Å². The van der Waals surface area contributed by atoms with E-state index in [1.54, 1.807) is 0 Å². The molecule has 0 saturated carbocycles. The van der Waals surface area contributed by atoms with E-state index in [1.807, 2.05) is 0 Å². The minimum atomic E-state index is -1.23. The van der Waals surface area contributed by atoms with Crippen LogP contribution in [0.1, 0.15) is 21.5 Å². The van der Waals surface area contributed by atoms with Crippen molar-refractivity contribution in [3.05, 3.63) is 28.6 Å². The molecule has 0 heterocycles. The Kier molecular flexibility index (Phi) is 4.44. The number of halogens is 1. The Balaban J connectivity index is 3.41. The number of aliphatic carboxylic acids is 1. The predicted octanol–water partition coefficient (Wildman–Crippen LogP) is 0.196. The van der Waals surface area contributed by atoms with Crippen LogP contribution in [0.3, 0.4) is 0 Å². The average Bonchev–Trinajstić information content (AvgIpc) is 2.32. The highest BCUT2D eigenvalue weighted by atomic mass is 19.1. The van der Waals surface area contributed by atoms with E-state index >= 15 is 0 Å². The largest absolute Gasteiger partial charge is 0.493 e. The van der Waals surface area contributed by atoms with Crippen LogP contribution in [0.5, 0.6) is 5.75 Å². The second kappa shape index (κ2) is 5.66. The van der Waals surface area contributed by atoms with Gasteiger partial charge in [-0.25, -0.2) is 4.39 Å². The van der Waals surface area contributed by atoms with Crippen LogP contribution < -0.4 is 16.2 Å². The standard InChI is InChI=1S/C12H15FN2O4/c1-5-6(4-9(14)12(17)18)10(19-2)8(13)3-7(5)11(15)16/h3,9H,4,14H2,1-2H3,(H2,15,16)(H,17,18). The van der Waals surface area contributed by atoms with Gasteiger partial charge < -0.3 is 21.3 Å². The predicted molar refractivity (Wildman–Crippen MR) is 65.5 cm³/mol. The SMILES string of the molecule is COc1c(F)cc(C(N)=O)c(C)c1CC(N)C(=O)O. The molecule has 6 nitrogen and oxygen atoms in total. The molecule has 0 radical (unpaired) electrons. The molecule has 0 fully saturated rings. The molecule has 0 bridgehead atoms. The Labute approximate surface area is 109 Å². The smallest absolute Gasteiger partial charge is 0.320 e. The van der Waals surface area contributed by atoms with Gasteiger partial charge in [-0.05, 0) is 18.6 Å². The van der Waals surface area contributed by atoms with Gasteiger partial charge in [-0.15, -0.1) is 0 Å². The number of carboxylic acid groups (broad SMARTS) is 1. The van der Waals surface area contributed by atoms with Gasteiger partial charge >= 0.3 is 5.97 Å². The molecule has 5 N–H and O–H groups in total. The Morgan fingerprint density at radius 2 is 2.11 bits per heavy atom. The van der Waals surface area contributed by atoms with Crippen molar-refractivity contribution in [3.63, 3.8) is 0 Å². The third-order valence-electron chi connectivity index (χ3n) is 2.83. The van der Waals surface area contributed by atoms with Crippen molar-refractivity contribution >= 4 is 11.9 Å². The highest BCUT2D eigenvalue weighted by molar-refractivity contribution is 5.95. The van der Waals surface area contributed by atoms with E-state index < -0.39 is 23.7 Å². The normalized spacial score (nSPS) is 12.0. The van der Waals surface area contributed by atoms with E-state index in [1.165, 1.54) is 14.0 Å². The Bertz CT molecular complexity index is 531. The molecule has 1 aromatic carbocycles. The lowest BCUT2D eigenvalue weighted by atomic mass is 9.95. The molecule has 0 aliphatic heterocycles. The highest BCUT2D eigenvalue weighted by Gasteiger charge is 2.23. The molecular formula is C12H15FN2O4. The monoisotopic (exact) mass is 270 g/mol. The lowest BCUT2D eigenvalue weighted by Gasteiger charge is -2.16. The van der Waals surface area contributed by atoms with Crippen molar-refractivity contribution in [1.82, 2.24) is 0 Å². The number of benzene rings is 1. The Morgan fingerprint density at radius 3 is 2.53 bits per heavy atom. The summed E-state index contributed by atoms with van der Waals surface area (Å²) >= 11 is 0. The van der Waals surface area contributed by atoms with Gasteiger partial charge in [0.05, 0.1) is 7.11 Å². The van der Waals surface area contributed by atoms with Gasteiger partial charge in [-0.3, -0.25) is 9.59 Å². The van der Waals surface area contributed by atoms with Crippen LogP contribution in [-0.4, -0.2) is 30.1 Å². The van der Waals surface area contributed by atoms with Crippen molar-refractivity contribution in [3.8, 4) is 5.75 Å². The maximum Gasteiger partial charge on any atom is 0.320 e. The Morgan fingerprint density at radius 1 is 1.53 bits per heavy atom. The van der Waals surface area contributed by atoms with E-state index in [2.05, 4.69) is 0 Å². The lowest BCUT2D eigenvalue weighted by molar-refractivity contribution is -0.138.